The first-order valence-corrected chi connectivity index (χ1v) is 12.4. The molecule has 32 heavy (non-hydrogen) atoms. The standard InChI is InChI=1S/C26H30N2O3S/c1-18-10-15-25(20(3)16-18)21(4)27-26(29)22-11-13-24(14-12-22)28(32(5,30)31)17-23-9-7-6-8-19(23)2/h6-16,21H,17H2,1-5H3,(H,27,29)/t21-/m0/s1. The van der Waals surface area contributed by atoms with Gasteiger partial charge in [-0.3, -0.25) is 9.10 Å². The molecule has 0 aliphatic rings. The van der Waals surface area contributed by atoms with Gasteiger partial charge in [0.2, 0.25) is 10.0 Å². The summed E-state index contributed by atoms with van der Waals surface area (Å²) in [5, 5.41) is 3.03. The second-order valence-electron chi connectivity index (χ2n) is 8.30. The summed E-state index contributed by atoms with van der Waals surface area (Å²) in [4.78, 5) is 12.8. The fourth-order valence-corrected chi connectivity index (χ4v) is 4.67. The molecule has 0 saturated heterocycles. The van der Waals surface area contributed by atoms with Crippen LogP contribution < -0.4 is 9.62 Å². The predicted octanol–water partition coefficient (Wildman–Crippen LogP) is 5.07. The maximum atomic E-state index is 12.8. The van der Waals surface area contributed by atoms with Gasteiger partial charge in [-0.25, -0.2) is 8.42 Å². The molecule has 0 aromatic heterocycles. The molecule has 3 aromatic carbocycles. The highest BCUT2D eigenvalue weighted by molar-refractivity contribution is 7.92. The Balaban J connectivity index is 1.78. The second-order valence-corrected chi connectivity index (χ2v) is 10.2. The van der Waals surface area contributed by atoms with Crippen LogP contribution in [-0.2, 0) is 16.6 Å². The number of carbonyl (C=O) groups is 1. The molecular weight excluding hydrogens is 420 g/mol. The largest absolute Gasteiger partial charge is 0.346 e. The minimum atomic E-state index is -3.50. The van der Waals surface area contributed by atoms with Gasteiger partial charge < -0.3 is 5.32 Å². The van der Waals surface area contributed by atoms with E-state index >= 15 is 0 Å². The Labute approximate surface area is 191 Å². The summed E-state index contributed by atoms with van der Waals surface area (Å²) in [5.74, 6) is -0.200. The number of nitrogens with zero attached hydrogens (tertiary/aromatic N) is 1. The number of aryl methyl sites for hydroxylation is 3. The highest BCUT2D eigenvalue weighted by atomic mass is 32.2. The van der Waals surface area contributed by atoms with E-state index in [-0.39, 0.29) is 18.5 Å². The number of nitrogens with one attached hydrogen (secondary N) is 1. The molecule has 0 saturated carbocycles. The smallest absolute Gasteiger partial charge is 0.251 e. The van der Waals surface area contributed by atoms with Crippen LogP contribution >= 0.6 is 0 Å². The first kappa shape index (κ1) is 23.5. The molecule has 0 spiro atoms. The summed E-state index contributed by atoms with van der Waals surface area (Å²) in [5.41, 5.74) is 6.35. The van der Waals surface area contributed by atoms with Gasteiger partial charge in [0, 0.05) is 5.56 Å². The van der Waals surface area contributed by atoms with Gasteiger partial charge in [-0.1, -0.05) is 48.0 Å². The Morgan fingerprint density at radius 3 is 2.19 bits per heavy atom. The van der Waals surface area contributed by atoms with E-state index in [4.69, 9.17) is 0 Å². The van der Waals surface area contributed by atoms with E-state index in [9.17, 15) is 13.2 Å². The van der Waals surface area contributed by atoms with Gasteiger partial charge in [-0.2, -0.15) is 0 Å². The number of benzene rings is 3. The molecule has 5 nitrogen and oxygen atoms in total. The van der Waals surface area contributed by atoms with Gasteiger partial charge in [0.1, 0.15) is 0 Å². The summed E-state index contributed by atoms with van der Waals surface area (Å²) in [6.45, 7) is 8.23. The molecule has 0 aliphatic carbocycles. The van der Waals surface area contributed by atoms with Crippen molar-refractivity contribution in [2.75, 3.05) is 10.6 Å². The molecular formula is C26H30N2O3S. The zero-order valence-corrected chi connectivity index (χ0v) is 20.0. The maximum Gasteiger partial charge on any atom is 0.251 e. The molecule has 1 N–H and O–H groups in total. The van der Waals surface area contributed by atoms with Gasteiger partial charge in [-0.15, -0.1) is 0 Å². The topological polar surface area (TPSA) is 66.5 Å². The molecule has 168 valence electrons. The number of amides is 1. The van der Waals surface area contributed by atoms with Gasteiger partial charge in [0.15, 0.2) is 0 Å². The summed E-state index contributed by atoms with van der Waals surface area (Å²) < 4.78 is 26.3. The third-order valence-electron chi connectivity index (χ3n) is 5.63. The lowest BCUT2D eigenvalue weighted by Crippen LogP contribution is -2.30. The first-order valence-electron chi connectivity index (χ1n) is 10.6. The highest BCUT2D eigenvalue weighted by Crippen LogP contribution is 2.23. The zero-order chi connectivity index (χ0) is 23.5. The van der Waals surface area contributed by atoms with Crippen LogP contribution in [0.1, 0.15) is 51.1 Å². The van der Waals surface area contributed by atoms with Crippen LogP contribution in [0.2, 0.25) is 0 Å². The van der Waals surface area contributed by atoms with E-state index in [0.717, 1.165) is 22.3 Å². The van der Waals surface area contributed by atoms with E-state index < -0.39 is 10.0 Å². The molecule has 1 amide bonds. The van der Waals surface area contributed by atoms with Crippen LogP contribution in [-0.4, -0.2) is 20.6 Å². The van der Waals surface area contributed by atoms with Crippen molar-refractivity contribution in [2.24, 2.45) is 0 Å². The van der Waals surface area contributed by atoms with Crippen LogP contribution in [0.4, 0.5) is 5.69 Å². The first-order chi connectivity index (χ1) is 15.1. The molecule has 0 aliphatic heterocycles. The Hall–Kier alpha value is -3.12. The maximum absolute atomic E-state index is 12.8. The lowest BCUT2D eigenvalue weighted by Gasteiger charge is -2.23. The highest BCUT2D eigenvalue weighted by Gasteiger charge is 2.20. The van der Waals surface area contributed by atoms with Crippen LogP contribution in [0.25, 0.3) is 0 Å². The van der Waals surface area contributed by atoms with E-state index in [1.807, 2.05) is 64.1 Å². The number of hydrogen-bond donors (Lipinski definition) is 1. The van der Waals surface area contributed by atoms with Crippen LogP contribution in [0, 0.1) is 20.8 Å². The van der Waals surface area contributed by atoms with E-state index in [2.05, 4.69) is 11.4 Å². The van der Waals surface area contributed by atoms with Gasteiger partial charge >= 0.3 is 0 Å². The van der Waals surface area contributed by atoms with Crippen molar-refractivity contribution in [3.63, 3.8) is 0 Å². The van der Waals surface area contributed by atoms with Crippen molar-refractivity contribution in [1.82, 2.24) is 5.32 Å². The molecule has 3 aromatic rings. The van der Waals surface area contributed by atoms with Crippen LogP contribution in [0.3, 0.4) is 0 Å². The second kappa shape index (κ2) is 9.57. The summed E-state index contributed by atoms with van der Waals surface area (Å²) >= 11 is 0. The van der Waals surface area contributed by atoms with E-state index in [0.29, 0.717) is 11.3 Å². The third-order valence-corrected chi connectivity index (χ3v) is 6.77. The fourth-order valence-electron chi connectivity index (χ4n) is 3.79. The Morgan fingerprint density at radius 2 is 1.59 bits per heavy atom. The molecule has 0 unspecified atom stereocenters. The predicted molar refractivity (Wildman–Crippen MR) is 130 cm³/mol. The quantitative estimate of drug-likeness (QED) is 0.547. The Morgan fingerprint density at radius 1 is 0.938 bits per heavy atom. The Bertz CT molecular complexity index is 1220. The number of rotatable bonds is 7. The normalized spacial score (nSPS) is 12.3. The van der Waals surface area contributed by atoms with E-state index in [1.54, 1.807) is 24.3 Å². The van der Waals surface area contributed by atoms with Gasteiger partial charge in [0.05, 0.1) is 24.5 Å². The van der Waals surface area contributed by atoms with Crippen molar-refractivity contribution >= 4 is 21.6 Å². The van der Waals surface area contributed by atoms with Crippen molar-refractivity contribution in [3.05, 3.63) is 100 Å². The fraction of sp³-hybridized carbons (Fsp3) is 0.269. The van der Waals surface area contributed by atoms with Crippen molar-refractivity contribution in [3.8, 4) is 0 Å². The number of hydrogen-bond acceptors (Lipinski definition) is 3. The van der Waals surface area contributed by atoms with Crippen LogP contribution in [0.5, 0.6) is 0 Å². The van der Waals surface area contributed by atoms with Gasteiger partial charge in [0.25, 0.3) is 5.91 Å². The number of carbonyl (C=O) groups excluding carboxylic acids is 1. The molecule has 6 heteroatoms. The summed E-state index contributed by atoms with van der Waals surface area (Å²) in [6.07, 6.45) is 1.19. The van der Waals surface area contributed by atoms with Crippen molar-refractivity contribution < 1.29 is 13.2 Å². The number of anilines is 1. The molecule has 3 rings (SSSR count). The molecule has 0 fully saturated rings. The number of sulfonamides is 1. The molecule has 0 radical (unpaired) electrons. The van der Waals surface area contributed by atoms with Crippen molar-refractivity contribution in [2.45, 2.75) is 40.3 Å². The van der Waals surface area contributed by atoms with Gasteiger partial charge in [-0.05, 0) is 74.2 Å². The van der Waals surface area contributed by atoms with E-state index in [1.165, 1.54) is 16.1 Å². The summed E-state index contributed by atoms with van der Waals surface area (Å²) in [6, 6.07) is 20.4. The Kier molecular flexibility index (Phi) is 7.04. The average Bonchev–Trinajstić information content (AvgIpc) is 2.72. The molecule has 0 heterocycles. The molecule has 1 atom stereocenters. The van der Waals surface area contributed by atoms with Crippen molar-refractivity contribution in [1.29, 1.82) is 0 Å². The zero-order valence-electron chi connectivity index (χ0n) is 19.2. The minimum Gasteiger partial charge on any atom is -0.346 e. The van der Waals surface area contributed by atoms with Crippen LogP contribution in [0.15, 0.2) is 66.7 Å². The monoisotopic (exact) mass is 450 g/mol. The summed E-state index contributed by atoms with van der Waals surface area (Å²) in [7, 11) is -3.50. The lowest BCUT2D eigenvalue weighted by atomic mass is 10.00. The average molecular weight is 451 g/mol. The minimum absolute atomic E-state index is 0.142. The third kappa shape index (κ3) is 5.56. The SMILES string of the molecule is Cc1ccc([C@H](C)NC(=O)c2ccc(N(Cc3ccccc3C)S(C)(=O)=O)cc2)c(C)c1. The lowest BCUT2D eigenvalue weighted by molar-refractivity contribution is 0.0940. The molecule has 0 bridgehead atoms.